The first kappa shape index (κ1) is 12.6. The highest BCUT2D eigenvalue weighted by Crippen LogP contribution is 2.20. The predicted molar refractivity (Wildman–Crippen MR) is 78.9 cm³/mol. The molecule has 0 spiro atoms. The summed E-state index contributed by atoms with van der Waals surface area (Å²) in [4.78, 5) is 19.4. The van der Waals surface area contributed by atoms with Crippen LogP contribution in [0.25, 0.3) is 11.3 Å². The third kappa shape index (κ3) is 2.49. The normalized spacial score (nSPS) is 10.4. The summed E-state index contributed by atoms with van der Waals surface area (Å²) >= 11 is 5.85. The Labute approximate surface area is 121 Å². The van der Waals surface area contributed by atoms with Gasteiger partial charge in [-0.2, -0.15) is 0 Å². The summed E-state index contributed by atoms with van der Waals surface area (Å²) in [6.07, 6.45) is 1.65. The molecule has 0 bridgehead atoms. The summed E-state index contributed by atoms with van der Waals surface area (Å²) in [5, 5.41) is 0.675. The minimum atomic E-state index is -0.120. The van der Waals surface area contributed by atoms with Gasteiger partial charge in [0.15, 0.2) is 5.82 Å². The number of nitrogens with zero attached hydrogens (tertiary/aromatic N) is 1. The molecule has 0 saturated heterocycles. The van der Waals surface area contributed by atoms with Gasteiger partial charge in [-0.1, -0.05) is 54.1 Å². The van der Waals surface area contributed by atoms with Gasteiger partial charge in [0.1, 0.15) is 0 Å². The number of carbonyl (C=O) groups is 1. The van der Waals surface area contributed by atoms with E-state index in [2.05, 4.69) is 9.97 Å². The Kier molecular flexibility index (Phi) is 3.35. The Morgan fingerprint density at radius 3 is 2.40 bits per heavy atom. The second-order valence-corrected chi connectivity index (χ2v) is 4.78. The van der Waals surface area contributed by atoms with Crippen LogP contribution in [-0.4, -0.2) is 15.8 Å². The molecule has 0 radical (unpaired) electrons. The topological polar surface area (TPSA) is 45.8 Å². The van der Waals surface area contributed by atoms with Crippen molar-refractivity contribution in [2.24, 2.45) is 0 Å². The van der Waals surface area contributed by atoms with E-state index in [1.165, 1.54) is 0 Å². The van der Waals surface area contributed by atoms with E-state index in [1.807, 2.05) is 30.3 Å². The zero-order valence-corrected chi connectivity index (χ0v) is 11.3. The number of imidazole rings is 1. The number of H-pyrrole nitrogens is 1. The number of aromatic nitrogens is 2. The van der Waals surface area contributed by atoms with Crippen molar-refractivity contribution in [1.82, 2.24) is 9.97 Å². The maximum Gasteiger partial charge on any atom is 0.228 e. The number of rotatable bonds is 3. The molecule has 0 aliphatic rings. The van der Waals surface area contributed by atoms with Gasteiger partial charge in [-0.3, -0.25) is 4.79 Å². The van der Waals surface area contributed by atoms with Gasteiger partial charge in [-0.25, -0.2) is 4.98 Å². The van der Waals surface area contributed by atoms with Crippen molar-refractivity contribution in [2.75, 3.05) is 0 Å². The quantitative estimate of drug-likeness (QED) is 0.739. The molecule has 20 heavy (non-hydrogen) atoms. The maximum atomic E-state index is 12.2. The number of benzene rings is 2. The lowest BCUT2D eigenvalue weighted by Crippen LogP contribution is -2.03. The van der Waals surface area contributed by atoms with Gasteiger partial charge < -0.3 is 4.98 Å². The molecular weight excluding hydrogens is 272 g/mol. The Morgan fingerprint density at radius 1 is 1.00 bits per heavy atom. The number of hydrogen-bond acceptors (Lipinski definition) is 2. The first-order valence-corrected chi connectivity index (χ1v) is 6.52. The van der Waals surface area contributed by atoms with E-state index in [-0.39, 0.29) is 5.78 Å². The summed E-state index contributed by atoms with van der Waals surface area (Å²) < 4.78 is 0. The molecule has 1 aromatic heterocycles. The molecule has 0 unspecified atom stereocenters. The van der Waals surface area contributed by atoms with Crippen molar-refractivity contribution < 1.29 is 4.79 Å². The molecule has 3 aromatic rings. The highest BCUT2D eigenvalue weighted by molar-refractivity contribution is 6.30. The molecule has 3 nitrogen and oxygen atoms in total. The molecule has 2 aromatic carbocycles. The molecule has 0 saturated carbocycles. The Balaban J connectivity index is 1.91. The van der Waals surface area contributed by atoms with Gasteiger partial charge >= 0.3 is 0 Å². The van der Waals surface area contributed by atoms with Crippen LogP contribution < -0.4 is 0 Å². The van der Waals surface area contributed by atoms with E-state index in [1.54, 1.807) is 30.5 Å². The average molecular weight is 283 g/mol. The van der Waals surface area contributed by atoms with Crippen LogP contribution in [0.5, 0.6) is 0 Å². The summed E-state index contributed by atoms with van der Waals surface area (Å²) in [5.41, 5.74) is 2.35. The summed E-state index contributed by atoms with van der Waals surface area (Å²) in [6, 6.07) is 16.4. The van der Waals surface area contributed by atoms with Crippen molar-refractivity contribution >= 4 is 17.4 Å². The van der Waals surface area contributed by atoms with Crippen LogP contribution in [0.15, 0.2) is 60.8 Å². The van der Waals surface area contributed by atoms with Crippen molar-refractivity contribution in [1.29, 1.82) is 0 Å². The van der Waals surface area contributed by atoms with E-state index in [0.29, 0.717) is 16.4 Å². The second kappa shape index (κ2) is 5.31. The van der Waals surface area contributed by atoms with E-state index in [9.17, 15) is 4.79 Å². The minimum Gasteiger partial charge on any atom is -0.335 e. The Bertz CT molecular complexity index is 733. The lowest BCUT2D eigenvalue weighted by Gasteiger charge is -1.98. The van der Waals surface area contributed by atoms with Crippen molar-refractivity contribution in [3.05, 3.63) is 77.2 Å². The van der Waals surface area contributed by atoms with Gasteiger partial charge in [0, 0.05) is 10.6 Å². The zero-order valence-electron chi connectivity index (χ0n) is 10.5. The fourth-order valence-corrected chi connectivity index (χ4v) is 2.06. The van der Waals surface area contributed by atoms with E-state index < -0.39 is 0 Å². The fourth-order valence-electron chi connectivity index (χ4n) is 1.94. The number of aromatic amines is 1. The largest absolute Gasteiger partial charge is 0.335 e. The van der Waals surface area contributed by atoms with Crippen LogP contribution in [0, 0.1) is 0 Å². The van der Waals surface area contributed by atoms with Crippen LogP contribution in [0.2, 0.25) is 5.02 Å². The highest BCUT2D eigenvalue weighted by atomic mass is 35.5. The Morgan fingerprint density at radius 2 is 1.70 bits per heavy atom. The molecule has 0 atom stereocenters. The monoisotopic (exact) mass is 282 g/mol. The molecular formula is C16H11ClN2O. The van der Waals surface area contributed by atoms with E-state index >= 15 is 0 Å². The van der Waals surface area contributed by atoms with Crippen LogP contribution in [0.3, 0.4) is 0 Å². The lowest BCUT2D eigenvalue weighted by atomic mass is 10.1. The van der Waals surface area contributed by atoms with Crippen molar-refractivity contribution in [2.45, 2.75) is 0 Å². The van der Waals surface area contributed by atoms with E-state index in [4.69, 9.17) is 11.6 Å². The van der Waals surface area contributed by atoms with E-state index in [0.717, 1.165) is 11.3 Å². The number of halogens is 1. The summed E-state index contributed by atoms with van der Waals surface area (Å²) in [7, 11) is 0. The third-order valence-corrected chi connectivity index (χ3v) is 3.23. The Hall–Kier alpha value is -2.39. The molecule has 98 valence electrons. The predicted octanol–water partition coefficient (Wildman–Crippen LogP) is 3.96. The van der Waals surface area contributed by atoms with Crippen molar-refractivity contribution in [3.63, 3.8) is 0 Å². The molecule has 1 heterocycles. The van der Waals surface area contributed by atoms with Gasteiger partial charge in [0.05, 0.1) is 11.9 Å². The third-order valence-electron chi connectivity index (χ3n) is 2.98. The van der Waals surface area contributed by atoms with Gasteiger partial charge in [0.2, 0.25) is 5.78 Å². The SMILES string of the molecule is O=C(c1ccccc1)c1ncc(-c2ccc(Cl)cc2)[nH]1. The van der Waals surface area contributed by atoms with Crippen LogP contribution in [0.4, 0.5) is 0 Å². The summed E-state index contributed by atoms with van der Waals surface area (Å²) in [6.45, 7) is 0. The molecule has 4 heteroatoms. The first-order chi connectivity index (χ1) is 9.74. The first-order valence-electron chi connectivity index (χ1n) is 6.15. The maximum absolute atomic E-state index is 12.2. The van der Waals surface area contributed by atoms with Crippen molar-refractivity contribution in [3.8, 4) is 11.3 Å². The molecule has 0 fully saturated rings. The standard InChI is InChI=1S/C16H11ClN2O/c17-13-8-6-11(7-9-13)14-10-18-16(19-14)15(20)12-4-2-1-3-5-12/h1-10H,(H,18,19). The molecule has 0 amide bonds. The number of nitrogens with one attached hydrogen (secondary N) is 1. The number of hydrogen-bond donors (Lipinski definition) is 1. The zero-order chi connectivity index (χ0) is 13.9. The molecule has 0 aliphatic heterocycles. The average Bonchev–Trinajstić information content (AvgIpc) is 2.98. The molecule has 3 rings (SSSR count). The smallest absolute Gasteiger partial charge is 0.228 e. The van der Waals surface area contributed by atoms with Gasteiger partial charge in [-0.15, -0.1) is 0 Å². The molecule has 0 aliphatic carbocycles. The number of carbonyl (C=O) groups excluding carboxylic acids is 1. The minimum absolute atomic E-state index is 0.120. The fraction of sp³-hybridized carbons (Fsp3) is 0. The second-order valence-electron chi connectivity index (χ2n) is 4.35. The van der Waals surface area contributed by atoms with Crippen LogP contribution >= 0.6 is 11.6 Å². The number of ketones is 1. The lowest BCUT2D eigenvalue weighted by molar-refractivity contribution is 0.103. The van der Waals surface area contributed by atoms with Gasteiger partial charge in [-0.05, 0) is 17.7 Å². The summed E-state index contributed by atoms with van der Waals surface area (Å²) in [5.74, 6) is 0.215. The highest BCUT2D eigenvalue weighted by Gasteiger charge is 2.13. The van der Waals surface area contributed by atoms with Crippen LogP contribution in [-0.2, 0) is 0 Å². The molecule has 1 N–H and O–H groups in total. The van der Waals surface area contributed by atoms with Crippen LogP contribution in [0.1, 0.15) is 16.2 Å². The van der Waals surface area contributed by atoms with Gasteiger partial charge in [0.25, 0.3) is 0 Å².